The third-order valence-electron chi connectivity index (χ3n) is 1.77. The maximum Gasteiger partial charge on any atom is 0.249 e. The molecule has 4 nitrogen and oxygen atoms in total. The fraction of sp³-hybridized carbons (Fsp3) is 0.125. The second-order valence-corrected chi connectivity index (χ2v) is 2.84. The summed E-state index contributed by atoms with van der Waals surface area (Å²) in [5.74, 6) is 0. The van der Waals surface area contributed by atoms with Crippen LogP contribution >= 0.6 is 0 Å². The highest BCUT2D eigenvalue weighted by atomic mass is 16.1. The van der Waals surface area contributed by atoms with E-state index in [2.05, 4.69) is 9.97 Å². The molecule has 0 N–H and O–H groups in total. The van der Waals surface area contributed by atoms with Gasteiger partial charge in [-0.1, -0.05) is 0 Å². The van der Waals surface area contributed by atoms with E-state index in [1.54, 1.807) is 12.3 Å². The topological polar surface area (TPSA) is 47.8 Å². The van der Waals surface area contributed by atoms with Gasteiger partial charge in [0.15, 0.2) is 5.65 Å². The Kier molecular flexibility index (Phi) is 1.65. The average Bonchev–Trinajstić information content (AvgIpc) is 2.12. The highest BCUT2D eigenvalue weighted by molar-refractivity contribution is 6.06. The Hall–Kier alpha value is -1.65. The Bertz CT molecular complexity index is 515. The molecule has 0 saturated carbocycles. The van der Waals surface area contributed by atoms with E-state index >= 15 is 0 Å². The van der Waals surface area contributed by atoms with Gasteiger partial charge in [-0.3, -0.25) is 4.79 Å². The van der Waals surface area contributed by atoms with E-state index < -0.39 is 0 Å². The minimum atomic E-state index is -0.277. The molecular weight excluding hydrogens is 165 g/mol. The van der Waals surface area contributed by atoms with Crippen LogP contribution in [0.3, 0.4) is 0 Å². The zero-order chi connectivity index (χ0) is 9.42. The van der Waals surface area contributed by atoms with Gasteiger partial charge >= 0.3 is 0 Å². The molecule has 0 saturated heterocycles. The van der Waals surface area contributed by atoms with Gasteiger partial charge in [-0.05, 0) is 18.6 Å². The number of fused-ring (bicyclic) bond motifs is 1. The van der Waals surface area contributed by atoms with Crippen molar-refractivity contribution in [2.45, 2.75) is 6.92 Å². The third-order valence-corrected chi connectivity index (χ3v) is 1.77. The molecule has 2 aromatic rings. The van der Waals surface area contributed by atoms with Crippen molar-refractivity contribution in [3.63, 3.8) is 0 Å². The first kappa shape index (κ1) is 7.98. The number of rotatable bonds is 0. The molecule has 2 radical (unpaired) electrons. The first-order valence-corrected chi connectivity index (χ1v) is 3.77. The molecule has 0 aliphatic carbocycles. The molecule has 5 heteroatoms. The molecular formula is C8H6BN3O. The van der Waals surface area contributed by atoms with Crippen molar-refractivity contribution < 1.29 is 0 Å². The van der Waals surface area contributed by atoms with Crippen molar-refractivity contribution in [3.05, 3.63) is 34.5 Å². The molecule has 2 heterocycles. The monoisotopic (exact) mass is 171 g/mol. The van der Waals surface area contributed by atoms with Crippen molar-refractivity contribution in [2.75, 3.05) is 0 Å². The van der Waals surface area contributed by atoms with Crippen LogP contribution in [0.1, 0.15) is 5.56 Å². The van der Waals surface area contributed by atoms with Gasteiger partial charge in [0, 0.05) is 6.20 Å². The normalized spacial score (nSPS) is 10.5. The van der Waals surface area contributed by atoms with Crippen molar-refractivity contribution in [1.29, 1.82) is 0 Å². The van der Waals surface area contributed by atoms with Crippen LogP contribution in [0.5, 0.6) is 0 Å². The lowest BCUT2D eigenvalue weighted by atomic mass is 10.2. The van der Waals surface area contributed by atoms with Gasteiger partial charge in [-0.25, -0.2) is 9.97 Å². The van der Waals surface area contributed by atoms with Crippen molar-refractivity contribution in [1.82, 2.24) is 14.4 Å². The highest BCUT2D eigenvalue weighted by Crippen LogP contribution is 2.04. The Balaban J connectivity index is 2.97. The largest absolute Gasteiger partial charge is 0.356 e. The summed E-state index contributed by atoms with van der Waals surface area (Å²) in [4.78, 5) is 19.4. The van der Waals surface area contributed by atoms with E-state index in [1.165, 1.54) is 6.33 Å². The zero-order valence-electron chi connectivity index (χ0n) is 7.06. The predicted molar refractivity (Wildman–Crippen MR) is 49.7 cm³/mol. The van der Waals surface area contributed by atoms with E-state index in [1.807, 2.05) is 6.92 Å². The molecule has 0 atom stereocenters. The van der Waals surface area contributed by atoms with Crippen LogP contribution in [0.4, 0.5) is 0 Å². The summed E-state index contributed by atoms with van der Waals surface area (Å²) in [6, 6.07) is 1.72. The van der Waals surface area contributed by atoms with Crippen LogP contribution < -0.4 is 5.56 Å². The number of aryl methyl sites for hydroxylation is 1. The number of hydrogen-bond donors (Lipinski definition) is 0. The molecule has 0 aromatic carbocycles. The minimum Gasteiger partial charge on any atom is -0.356 e. The summed E-state index contributed by atoms with van der Waals surface area (Å²) >= 11 is 0. The molecule has 62 valence electrons. The van der Waals surface area contributed by atoms with Crippen molar-refractivity contribution >= 4 is 19.0 Å². The summed E-state index contributed by atoms with van der Waals surface area (Å²) < 4.78 is 0.948. The summed E-state index contributed by atoms with van der Waals surface area (Å²) in [6.07, 6.45) is 2.92. The second-order valence-electron chi connectivity index (χ2n) is 2.84. The standard InChI is InChI=1S/C8H6BN3O/c1-5-2-6-7(10-3-5)11-4-12(9)8(6)13/h2-4H,1H3. The van der Waals surface area contributed by atoms with Gasteiger partial charge in [-0.15, -0.1) is 0 Å². The lowest BCUT2D eigenvalue weighted by Crippen LogP contribution is -2.19. The van der Waals surface area contributed by atoms with E-state index in [0.717, 1.165) is 10.0 Å². The highest BCUT2D eigenvalue weighted by Gasteiger charge is 2.01. The summed E-state index contributed by atoms with van der Waals surface area (Å²) in [5, 5.41) is 0.449. The van der Waals surface area contributed by atoms with Crippen molar-refractivity contribution in [2.24, 2.45) is 0 Å². The maximum atomic E-state index is 11.4. The second kappa shape index (κ2) is 2.69. The zero-order valence-corrected chi connectivity index (χ0v) is 7.06. The molecule has 0 aliphatic rings. The average molecular weight is 171 g/mol. The SMILES string of the molecule is [B]n1cnc2ncc(C)cc2c1=O. The smallest absolute Gasteiger partial charge is 0.249 e. The molecule has 2 rings (SSSR count). The van der Waals surface area contributed by atoms with Gasteiger partial charge < -0.3 is 4.48 Å². The van der Waals surface area contributed by atoms with Crippen molar-refractivity contribution in [3.8, 4) is 0 Å². The first-order valence-electron chi connectivity index (χ1n) is 3.77. The van der Waals surface area contributed by atoms with Gasteiger partial charge in [0.05, 0.1) is 11.7 Å². The molecule has 0 amide bonds. The molecule has 13 heavy (non-hydrogen) atoms. The summed E-state index contributed by atoms with van der Waals surface area (Å²) in [6.45, 7) is 1.86. The predicted octanol–water partition coefficient (Wildman–Crippen LogP) is 0.0315. The number of pyridine rings is 1. The molecule has 0 unspecified atom stereocenters. The maximum absolute atomic E-state index is 11.4. The fourth-order valence-corrected chi connectivity index (χ4v) is 1.13. The van der Waals surface area contributed by atoms with E-state index in [4.69, 9.17) is 7.98 Å². The van der Waals surface area contributed by atoms with Crippen LogP contribution in [0.15, 0.2) is 23.4 Å². The minimum absolute atomic E-state index is 0.277. The number of hydrogen-bond acceptors (Lipinski definition) is 3. The van der Waals surface area contributed by atoms with E-state index in [-0.39, 0.29) is 5.56 Å². The van der Waals surface area contributed by atoms with Crippen LogP contribution in [-0.4, -0.2) is 22.4 Å². The van der Waals surface area contributed by atoms with Gasteiger partial charge in [0.2, 0.25) is 13.5 Å². The Morgan fingerprint density at radius 2 is 2.23 bits per heavy atom. The van der Waals surface area contributed by atoms with E-state index in [9.17, 15) is 4.79 Å². The van der Waals surface area contributed by atoms with Crippen LogP contribution in [0, 0.1) is 6.92 Å². The first-order chi connectivity index (χ1) is 6.18. The Morgan fingerprint density at radius 1 is 1.46 bits per heavy atom. The molecule has 0 bridgehead atoms. The third kappa shape index (κ3) is 1.22. The molecule has 0 aliphatic heterocycles. The van der Waals surface area contributed by atoms with Gasteiger partial charge in [-0.2, -0.15) is 0 Å². The summed E-state index contributed by atoms with van der Waals surface area (Å²) in [7, 11) is 5.35. The number of nitrogens with zero attached hydrogens (tertiary/aromatic N) is 3. The van der Waals surface area contributed by atoms with Gasteiger partial charge in [0.25, 0.3) is 0 Å². The summed E-state index contributed by atoms with van der Waals surface area (Å²) in [5.41, 5.74) is 1.07. The molecule has 2 aromatic heterocycles. The molecule has 0 spiro atoms. The van der Waals surface area contributed by atoms with Crippen LogP contribution in [-0.2, 0) is 0 Å². The quantitative estimate of drug-likeness (QED) is 0.525. The van der Waals surface area contributed by atoms with E-state index in [0.29, 0.717) is 11.0 Å². The lowest BCUT2D eigenvalue weighted by Gasteiger charge is -1.99. The number of aromatic nitrogens is 3. The van der Waals surface area contributed by atoms with Crippen LogP contribution in [0.25, 0.3) is 11.0 Å². The lowest BCUT2D eigenvalue weighted by molar-refractivity contribution is 1.06. The molecule has 0 fully saturated rings. The fourth-order valence-electron chi connectivity index (χ4n) is 1.13. The Morgan fingerprint density at radius 3 is 3.00 bits per heavy atom. The van der Waals surface area contributed by atoms with Gasteiger partial charge in [0.1, 0.15) is 0 Å². The Labute approximate surface area is 75.7 Å². The van der Waals surface area contributed by atoms with Crippen LogP contribution in [0.2, 0.25) is 0 Å².